The summed E-state index contributed by atoms with van der Waals surface area (Å²) >= 11 is 5.94. The van der Waals surface area contributed by atoms with Crippen molar-refractivity contribution in [3.63, 3.8) is 0 Å². The van der Waals surface area contributed by atoms with Gasteiger partial charge in [0.1, 0.15) is 23.9 Å². The maximum atomic E-state index is 13.1. The molecule has 0 radical (unpaired) electrons. The number of halogens is 1. The molecule has 0 atom stereocenters. The van der Waals surface area contributed by atoms with Crippen LogP contribution < -0.4 is 14.2 Å². The van der Waals surface area contributed by atoms with E-state index in [1.807, 2.05) is 79.4 Å². The minimum atomic E-state index is 0.0196. The molecule has 1 saturated heterocycles. The Kier molecular flexibility index (Phi) is 12.2. The molecule has 1 aliphatic heterocycles. The van der Waals surface area contributed by atoms with Crippen molar-refractivity contribution in [2.24, 2.45) is 0 Å². The highest BCUT2D eigenvalue weighted by Gasteiger charge is 2.20. The number of piperazine rings is 1. The highest BCUT2D eigenvalue weighted by molar-refractivity contribution is 6.30. The van der Waals surface area contributed by atoms with Gasteiger partial charge in [0.25, 0.3) is 0 Å². The Hall–Kier alpha value is -5.62. The summed E-state index contributed by atoms with van der Waals surface area (Å²) < 4.78 is 17.8. The SMILES string of the molecule is Cc1cc(/C=C/C(=O)N2CCN(Cc3ccc(CCOc4ccc(Cl)cc4)cc3)CC2)cc(C)c1Oc1ccc(OCc2ccc(C#N)cc2)cn1. The molecule has 8 nitrogen and oxygen atoms in total. The molecule has 52 heavy (non-hydrogen) atoms. The van der Waals surface area contributed by atoms with Gasteiger partial charge in [0.05, 0.1) is 24.4 Å². The fourth-order valence-electron chi connectivity index (χ4n) is 5.99. The zero-order valence-electron chi connectivity index (χ0n) is 29.4. The van der Waals surface area contributed by atoms with Gasteiger partial charge in [-0.1, -0.05) is 48.0 Å². The third kappa shape index (κ3) is 10.2. The van der Waals surface area contributed by atoms with Crippen LogP contribution in [0.4, 0.5) is 0 Å². The summed E-state index contributed by atoms with van der Waals surface area (Å²) in [5.74, 6) is 2.66. The third-order valence-electron chi connectivity index (χ3n) is 8.89. The lowest BCUT2D eigenvalue weighted by Crippen LogP contribution is -2.47. The largest absolute Gasteiger partial charge is 0.493 e. The van der Waals surface area contributed by atoms with Gasteiger partial charge in [0.15, 0.2) is 0 Å². The fraction of sp³-hybridized carbons (Fsp3) is 0.233. The van der Waals surface area contributed by atoms with Gasteiger partial charge in [0, 0.05) is 56.3 Å². The number of ether oxygens (including phenoxy) is 3. The number of nitrogens with zero attached hydrogens (tertiary/aromatic N) is 4. The summed E-state index contributed by atoms with van der Waals surface area (Å²) in [5, 5.41) is 9.66. The van der Waals surface area contributed by atoms with Gasteiger partial charge in [-0.25, -0.2) is 4.98 Å². The van der Waals surface area contributed by atoms with Crippen molar-refractivity contribution in [3.8, 4) is 29.2 Å². The molecule has 264 valence electrons. The molecule has 9 heteroatoms. The minimum absolute atomic E-state index is 0.0196. The Labute approximate surface area is 310 Å². The molecule has 0 bridgehead atoms. The topological polar surface area (TPSA) is 87.9 Å². The number of amides is 1. The molecule has 2 heterocycles. The Morgan fingerprint density at radius 3 is 2.13 bits per heavy atom. The van der Waals surface area contributed by atoms with Crippen molar-refractivity contribution in [2.75, 3.05) is 32.8 Å². The van der Waals surface area contributed by atoms with E-state index in [0.29, 0.717) is 48.5 Å². The van der Waals surface area contributed by atoms with Gasteiger partial charge in [-0.2, -0.15) is 5.26 Å². The fourth-order valence-corrected chi connectivity index (χ4v) is 6.11. The second-order valence-electron chi connectivity index (χ2n) is 12.8. The average molecular weight is 713 g/mol. The summed E-state index contributed by atoms with van der Waals surface area (Å²) in [7, 11) is 0. The van der Waals surface area contributed by atoms with E-state index in [4.69, 9.17) is 31.1 Å². The van der Waals surface area contributed by atoms with E-state index in [0.717, 1.165) is 59.8 Å². The predicted molar refractivity (Wildman–Crippen MR) is 204 cm³/mol. The van der Waals surface area contributed by atoms with Crippen LogP contribution in [0, 0.1) is 25.2 Å². The van der Waals surface area contributed by atoms with Crippen LogP contribution >= 0.6 is 11.6 Å². The van der Waals surface area contributed by atoms with Gasteiger partial charge < -0.3 is 19.1 Å². The van der Waals surface area contributed by atoms with Crippen molar-refractivity contribution in [2.45, 2.75) is 33.4 Å². The molecule has 0 saturated carbocycles. The number of carbonyl (C=O) groups excluding carboxylic acids is 1. The van der Waals surface area contributed by atoms with Crippen LogP contribution in [0.2, 0.25) is 5.02 Å². The lowest BCUT2D eigenvalue weighted by molar-refractivity contribution is -0.127. The Morgan fingerprint density at radius 1 is 0.827 bits per heavy atom. The highest BCUT2D eigenvalue weighted by Crippen LogP contribution is 2.30. The van der Waals surface area contributed by atoms with Crippen LogP contribution in [0.1, 0.15) is 38.9 Å². The molecule has 1 amide bonds. The first-order valence-corrected chi connectivity index (χ1v) is 17.7. The molecule has 0 N–H and O–H groups in total. The molecule has 0 spiro atoms. The van der Waals surface area contributed by atoms with E-state index >= 15 is 0 Å². The summed E-state index contributed by atoms with van der Waals surface area (Å²) in [5.41, 5.74) is 6.91. The maximum absolute atomic E-state index is 13.1. The number of aromatic nitrogens is 1. The lowest BCUT2D eigenvalue weighted by atomic mass is 10.1. The molecule has 1 aromatic heterocycles. The van der Waals surface area contributed by atoms with Crippen molar-refractivity contribution >= 4 is 23.6 Å². The van der Waals surface area contributed by atoms with Gasteiger partial charge in [0.2, 0.25) is 11.8 Å². The summed E-state index contributed by atoms with van der Waals surface area (Å²) in [6.07, 6.45) is 6.00. The number of benzene rings is 4. The molecule has 6 rings (SSSR count). The highest BCUT2D eigenvalue weighted by atomic mass is 35.5. The van der Waals surface area contributed by atoms with Crippen LogP contribution in [0.25, 0.3) is 6.08 Å². The number of pyridine rings is 1. The van der Waals surface area contributed by atoms with Crippen molar-refractivity contribution in [3.05, 3.63) is 153 Å². The van der Waals surface area contributed by atoms with Crippen LogP contribution in [0.5, 0.6) is 23.1 Å². The average Bonchev–Trinajstić information content (AvgIpc) is 3.17. The van der Waals surface area contributed by atoms with E-state index in [-0.39, 0.29) is 5.91 Å². The van der Waals surface area contributed by atoms with Gasteiger partial charge >= 0.3 is 0 Å². The summed E-state index contributed by atoms with van der Waals surface area (Å²) in [6, 6.07) is 33.1. The first-order chi connectivity index (χ1) is 25.3. The lowest BCUT2D eigenvalue weighted by Gasteiger charge is -2.34. The Morgan fingerprint density at radius 2 is 1.48 bits per heavy atom. The smallest absolute Gasteiger partial charge is 0.246 e. The number of hydrogen-bond acceptors (Lipinski definition) is 7. The number of nitriles is 1. The zero-order chi connectivity index (χ0) is 36.3. The Balaban J connectivity index is 0.931. The van der Waals surface area contributed by atoms with E-state index in [9.17, 15) is 4.79 Å². The number of carbonyl (C=O) groups is 1. The van der Waals surface area contributed by atoms with E-state index in [1.165, 1.54) is 11.1 Å². The predicted octanol–water partition coefficient (Wildman–Crippen LogP) is 8.57. The number of rotatable bonds is 13. The van der Waals surface area contributed by atoms with E-state index in [2.05, 4.69) is 40.2 Å². The molecule has 1 aliphatic rings. The second-order valence-corrected chi connectivity index (χ2v) is 13.3. The zero-order valence-corrected chi connectivity index (χ0v) is 30.2. The quantitative estimate of drug-likeness (QED) is 0.113. The number of aryl methyl sites for hydroxylation is 2. The molecule has 0 unspecified atom stereocenters. The van der Waals surface area contributed by atoms with Gasteiger partial charge in [-0.3, -0.25) is 9.69 Å². The first-order valence-electron chi connectivity index (χ1n) is 17.3. The number of hydrogen-bond donors (Lipinski definition) is 0. The standard InChI is InChI=1S/C43H41ClN4O4/c1-31-25-37(26-32(2)43(31)52-41-17-16-40(28-46-41)51-30-36-9-5-34(27-45)6-10-36)11-18-42(49)48-22-20-47(21-23-48)29-35-7-3-33(4-8-35)19-24-50-39-14-12-38(44)13-15-39/h3-18,25-26,28H,19-24,29-30H2,1-2H3/b18-11+. The molecule has 5 aromatic rings. The van der Waals surface area contributed by atoms with Crippen molar-refractivity contribution in [1.82, 2.24) is 14.8 Å². The second kappa shape index (κ2) is 17.5. The normalized spacial score (nSPS) is 13.2. The monoisotopic (exact) mass is 712 g/mol. The maximum Gasteiger partial charge on any atom is 0.246 e. The van der Waals surface area contributed by atoms with Crippen LogP contribution in [-0.2, 0) is 24.4 Å². The van der Waals surface area contributed by atoms with Crippen molar-refractivity contribution < 1.29 is 19.0 Å². The van der Waals surface area contributed by atoms with Gasteiger partial charge in [-0.15, -0.1) is 0 Å². The molecular weight excluding hydrogens is 672 g/mol. The minimum Gasteiger partial charge on any atom is -0.493 e. The van der Waals surface area contributed by atoms with Crippen LogP contribution in [0.3, 0.4) is 0 Å². The van der Waals surface area contributed by atoms with Crippen molar-refractivity contribution in [1.29, 1.82) is 5.26 Å². The summed E-state index contributed by atoms with van der Waals surface area (Å²) in [4.78, 5) is 21.8. The van der Waals surface area contributed by atoms with E-state index in [1.54, 1.807) is 30.5 Å². The molecular formula is C43H41ClN4O4. The van der Waals surface area contributed by atoms with E-state index < -0.39 is 0 Å². The van der Waals surface area contributed by atoms with Crippen LogP contribution in [0.15, 0.2) is 109 Å². The van der Waals surface area contributed by atoms with Gasteiger partial charge in [-0.05, 0) is 108 Å². The first kappa shape index (κ1) is 36.2. The molecule has 1 fully saturated rings. The summed E-state index contributed by atoms with van der Waals surface area (Å²) in [6.45, 7) is 8.87. The molecule has 0 aliphatic carbocycles. The third-order valence-corrected chi connectivity index (χ3v) is 9.14. The van der Waals surface area contributed by atoms with Crippen LogP contribution in [-0.4, -0.2) is 53.5 Å². The molecule has 4 aromatic carbocycles. The Bertz CT molecular complexity index is 1990.